The van der Waals surface area contributed by atoms with E-state index in [0.717, 1.165) is 67.3 Å². The van der Waals surface area contributed by atoms with Crippen molar-refractivity contribution in [1.29, 1.82) is 0 Å². The fourth-order valence-electron chi connectivity index (χ4n) is 5.78. The zero-order valence-electron chi connectivity index (χ0n) is 21.6. The standard InChI is InChI=1S/C31H31ClN4O3/c32-24-7-5-21(6-8-24)27-4-2-1-3-23(27)20-35-13-15-36(16-14-35)25-9-10-28(31(37)38)29(18-25)39-26-17-22-11-12-33-30(22)34-19-26/h1-2,5-12,17-19,23,27H,3-4,13-16,20H2,(H,33,34)(H,37,38). The number of nitrogens with zero attached hydrogens (tertiary/aromatic N) is 3. The minimum absolute atomic E-state index is 0.130. The highest BCUT2D eigenvalue weighted by atomic mass is 35.5. The second-order valence-electron chi connectivity index (χ2n) is 10.3. The molecule has 6 rings (SSSR count). The molecule has 1 fully saturated rings. The Hall–Kier alpha value is -3.81. The van der Waals surface area contributed by atoms with Crippen molar-refractivity contribution in [2.75, 3.05) is 37.6 Å². The number of benzene rings is 2. The number of aromatic nitrogens is 2. The van der Waals surface area contributed by atoms with Crippen LogP contribution in [0.4, 0.5) is 5.69 Å². The van der Waals surface area contributed by atoms with Crippen molar-refractivity contribution in [3.05, 3.63) is 95.3 Å². The van der Waals surface area contributed by atoms with Gasteiger partial charge in [0, 0.05) is 61.1 Å². The van der Waals surface area contributed by atoms with Gasteiger partial charge in [0.1, 0.15) is 22.7 Å². The molecule has 0 bridgehead atoms. The number of piperazine rings is 1. The van der Waals surface area contributed by atoms with Crippen molar-refractivity contribution in [1.82, 2.24) is 14.9 Å². The summed E-state index contributed by atoms with van der Waals surface area (Å²) >= 11 is 6.13. The van der Waals surface area contributed by atoms with Crippen molar-refractivity contribution in [3.63, 3.8) is 0 Å². The number of hydrogen-bond acceptors (Lipinski definition) is 5. The monoisotopic (exact) mass is 542 g/mol. The summed E-state index contributed by atoms with van der Waals surface area (Å²) in [7, 11) is 0. The number of carboxylic acids is 1. The van der Waals surface area contributed by atoms with Crippen molar-refractivity contribution in [2.45, 2.75) is 18.8 Å². The second-order valence-corrected chi connectivity index (χ2v) is 10.8. The molecule has 1 saturated heterocycles. The van der Waals surface area contributed by atoms with Crippen LogP contribution in [0.15, 0.2) is 79.1 Å². The van der Waals surface area contributed by atoms with Gasteiger partial charge in [-0.2, -0.15) is 0 Å². The topological polar surface area (TPSA) is 81.7 Å². The third-order valence-electron chi connectivity index (χ3n) is 7.89. The Morgan fingerprint density at radius 3 is 2.62 bits per heavy atom. The summed E-state index contributed by atoms with van der Waals surface area (Å²) in [6.45, 7) is 4.72. The largest absolute Gasteiger partial charge is 0.478 e. The molecule has 2 aromatic carbocycles. The number of hydrogen-bond donors (Lipinski definition) is 2. The fraction of sp³-hybridized carbons (Fsp3) is 0.290. The molecule has 1 aliphatic carbocycles. The first-order valence-electron chi connectivity index (χ1n) is 13.4. The van der Waals surface area contributed by atoms with E-state index in [0.29, 0.717) is 23.3 Å². The van der Waals surface area contributed by atoms with Crippen LogP contribution in [0.5, 0.6) is 11.5 Å². The van der Waals surface area contributed by atoms with Crippen molar-refractivity contribution in [3.8, 4) is 11.5 Å². The molecule has 2 unspecified atom stereocenters. The number of H-pyrrole nitrogens is 1. The summed E-state index contributed by atoms with van der Waals surface area (Å²) < 4.78 is 6.05. The Kier molecular flexibility index (Phi) is 7.26. The Morgan fingerprint density at radius 2 is 1.82 bits per heavy atom. The van der Waals surface area contributed by atoms with Gasteiger partial charge in [-0.25, -0.2) is 9.78 Å². The van der Waals surface area contributed by atoms with E-state index in [1.807, 2.05) is 42.6 Å². The van der Waals surface area contributed by atoms with Gasteiger partial charge in [-0.15, -0.1) is 0 Å². The molecule has 2 atom stereocenters. The van der Waals surface area contributed by atoms with Gasteiger partial charge in [0.05, 0.1) is 6.20 Å². The first-order chi connectivity index (χ1) is 19.0. The van der Waals surface area contributed by atoms with Gasteiger partial charge in [-0.05, 0) is 66.6 Å². The Balaban J connectivity index is 1.13. The molecule has 7 nitrogen and oxygen atoms in total. The number of allylic oxidation sites excluding steroid dienone is 2. The maximum atomic E-state index is 11.9. The molecule has 39 heavy (non-hydrogen) atoms. The van der Waals surface area contributed by atoms with Crippen LogP contribution < -0.4 is 9.64 Å². The lowest BCUT2D eigenvalue weighted by atomic mass is 9.78. The molecule has 8 heteroatoms. The predicted molar refractivity (Wildman–Crippen MR) is 154 cm³/mol. The van der Waals surface area contributed by atoms with Gasteiger partial charge < -0.3 is 19.7 Å². The number of aromatic carboxylic acids is 1. The number of halogens is 1. The Morgan fingerprint density at radius 1 is 1.03 bits per heavy atom. The molecule has 200 valence electrons. The fourth-order valence-corrected chi connectivity index (χ4v) is 5.91. The molecule has 0 radical (unpaired) electrons. The molecule has 3 heterocycles. The summed E-state index contributed by atoms with van der Waals surface area (Å²) in [5, 5.41) is 11.4. The lowest BCUT2D eigenvalue weighted by Gasteiger charge is -2.39. The SMILES string of the molecule is O=C(O)c1ccc(N2CCN(CC3CC=CCC3c3ccc(Cl)cc3)CC2)cc1Oc1cnc2[nH]ccc2c1. The number of ether oxygens (including phenoxy) is 1. The summed E-state index contributed by atoms with van der Waals surface area (Å²) in [5.74, 6) is 0.883. The van der Waals surface area contributed by atoms with Crippen LogP contribution in [0.3, 0.4) is 0 Å². The average molecular weight is 543 g/mol. The van der Waals surface area contributed by atoms with E-state index in [9.17, 15) is 9.90 Å². The lowest BCUT2D eigenvalue weighted by molar-refractivity contribution is 0.0694. The minimum Gasteiger partial charge on any atom is -0.478 e. The van der Waals surface area contributed by atoms with E-state index in [-0.39, 0.29) is 5.56 Å². The molecule has 2 aliphatic rings. The van der Waals surface area contributed by atoms with E-state index < -0.39 is 5.97 Å². The third kappa shape index (κ3) is 5.65. The normalized spacial score (nSPS) is 19.9. The summed E-state index contributed by atoms with van der Waals surface area (Å²) in [4.78, 5) is 24.2. The number of anilines is 1. The molecule has 0 amide bonds. The lowest BCUT2D eigenvalue weighted by Crippen LogP contribution is -2.48. The van der Waals surface area contributed by atoms with Crippen molar-refractivity contribution < 1.29 is 14.6 Å². The number of rotatable bonds is 7. The average Bonchev–Trinajstić information content (AvgIpc) is 3.42. The highest BCUT2D eigenvalue weighted by Crippen LogP contribution is 2.36. The zero-order chi connectivity index (χ0) is 26.8. The number of carbonyl (C=O) groups is 1. The summed E-state index contributed by atoms with van der Waals surface area (Å²) in [6, 6.07) is 17.4. The number of aromatic amines is 1. The van der Waals surface area contributed by atoms with E-state index in [2.05, 4.69) is 44.1 Å². The van der Waals surface area contributed by atoms with Gasteiger partial charge in [0.15, 0.2) is 0 Å². The third-order valence-corrected chi connectivity index (χ3v) is 8.14. The van der Waals surface area contributed by atoms with Crippen LogP contribution in [-0.2, 0) is 0 Å². The van der Waals surface area contributed by atoms with Gasteiger partial charge >= 0.3 is 5.97 Å². The number of fused-ring (bicyclic) bond motifs is 1. The van der Waals surface area contributed by atoms with Gasteiger partial charge in [0.25, 0.3) is 0 Å². The predicted octanol–water partition coefficient (Wildman–Crippen LogP) is 6.58. The summed E-state index contributed by atoms with van der Waals surface area (Å²) in [6.07, 6.45) is 10.2. The van der Waals surface area contributed by atoms with Gasteiger partial charge in [-0.1, -0.05) is 35.9 Å². The minimum atomic E-state index is -1.02. The maximum absolute atomic E-state index is 11.9. The van der Waals surface area contributed by atoms with Crippen molar-refractivity contribution in [2.24, 2.45) is 5.92 Å². The first kappa shape index (κ1) is 25.5. The van der Waals surface area contributed by atoms with E-state index in [4.69, 9.17) is 16.3 Å². The first-order valence-corrected chi connectivity index (χ1v) is 13.8. The van der Waals surface area contributed by atoms with Gasteiger partial charge in [0.2, 0.25) is 0 Å². The highest BCUT2D eigenvalue weighted by molar-refractivity contribution is 6.30. The van der Waals surface area contributed by atoms with E-state index >= 15 is 0 Å². The molecule has 0 saturated carbocycles. The number of carboxylic acid groups (broad SMARTS) is 1. The quantitative estimate of drug-likeness (QED) is 0.257. The maximum Gasteiger partial charge on any atom is 0.339 e. The molecular weight excluding hydrogens is 512 g/mol. The van der Waals surface area contributed by atoms with E-state index in [1.165, 1.54) is 5.56 Å². The Labute approximate surface area is 232 Å². The Bertz CT molecular complexity index is 1490. The second kappa shape index (κ2) is 11.1. The molecule has 1 aliphatic heterocycles. The van der Waals surface area contributed by atoms with Crippen LogP contribution >= 0.6 is 11.6 Å². The van der Waals surface area contributed by atoms with Crippen LogP contribution in [0, 0.1) is 5.92 Å². The van der Waals surface area contributed by atoms with Crippen LogP contribution in [-0.4, -0.2) is 58.7 Å². The van der Waals surface area contributed by atoms with Gasteiger partial charge in [-0.3, -0.25) is 4.90 Å². The molecule has 2 N–H and O–H groups in total. The summed E-state index contributed by atoms with van der Waals surface area (Å²) in [5.41, 5.74) is 3.22. The van der Waals surface area contributed by atoms with Crippen LogP contribution in [0.1, 0.15) is 34.7 Å². The number of nitrogens with one attached hydrogen (secondary N) is 1. The van der Waals surface area contributed by atoms with Crippen LogP contribution in [0.25, 0.3) is 11.0 Å². The smallest absolute Gasteiger partial charge is 0.339 e. The highest BCUT2D eigenvalue weighted by Gasteiger charge is 2.28. The van der Waals surface area contributed by atoms with Crippen molar-refractivity contribution >= 4 is 34.3 Å². The van der Waals surface area contributed by atoms with Crippen LogP contribution in [0.2, 0.25) is 5.02 Å². The zero-order valence-corrected chi connectivity index (χ0v) is 22.3. The molecule has 4 aromatic rings. The van der Waals surface area contributed by atoms with E-state index in [1.54, 1.807) is 12.3 Å². The molecular formula is C31H31ClN4O3. The number of pyridine rings is 1. The molecule has 0 spiro atoms. The molecule has 2 aromatic heterocycles.